The molecule has 1 unspecified atom stereocenters. The van der Waals surface area contributed by atoms with Gasteiger partial charge in [0, 0.05) is 25.5 Å². The zero-order valence-corrected chi connectivity index (χ0v) is 15.4. The number of hydrogen-bond donors (Lipinski definition) is 1. The maximum atomic E-state index is 14.4. The first kappa shape index (κ1) is 19.7. The molecule has 1 aliphatic heterocycles. The van der Waals surface area contributed by atoms with E-state index in [2.05, 4.69) is 10.3 Å². The number of carbonyl (C=O) groups is 1. The van der Waals surface area contributed by atoms with Crippen LogP contribution in [0.15, 0.2) is 6.07 Å². The summed E-state index contributed by atoms with van der Waals surface area (Å²) in [6.07, 6.45) is 0.335. The zero-order valence-electron chi connectivity index (χ0n) is 15.4. The Balaban J connectivity index is 1.71. The Bertz CT molecular complexity index is 696. The number of alkyl halides is 2. The number of nitrogens with zero attached hydrogens (tertiary/aromatic N) is 2. The lowest BCUT2D eigenvalue weighted by Gasteiger charge is -2.22. The summed E-state index contributed by atoms with van der Waals surface area (Å²) in [5.74, 6) is -3.88. The van der Waals surface area contributed by atoms with Crippen molar-refractivity contribution in [2.45, 2.75) is 56.7 Å². The lowest BCUT2D eigenvalue weighted by atomic mass is 10.2. The summed E-state index contributed by atoms with van der Waals surface area (Å²) in [5, 5.41) is 3.13. The number of aromatic nitrogens is 1. The lowest BCUT2D eigenvalue weighted by Crippen LogP contribution is -2.41. The SMILES string of the molecule is COc1nc(OC2CCC(F)(F)C2)c(F)cc1CN(C)C(=O)[C@@H]1CCCN1. The van der Waals surface area contributed by atoms with Crippen LogP contribution in [0.4, 0.5) is 13.2 Å². The summed E-state index contributed by atoms with van der Waals surface area (Å²) in [5.41, 5.74) is 0.382. The van der Waals surface area contributed by atoms with Crippen LogP contribution in [0.5, 0.6) is 11.8 Å². The molecule has 2 atom stereocenters. The van der Waals surface area contributed by atoms with Gasteiger partial charge in [0.05, 0.1) is 19.7 Å². The monoisotopic (exact) mass is 387 g/mol. The van der Waals surface area contributed by atoms with E-state index in [0.29, 0.717) is 5.56 Å². The molecule has 1 aromatic heterocycles. The fourth-order valence-electron chi connectivity index (χ4n) is 3.53. The molecule has 1 N–H and O–H groups in total. The van der Waals surface area contributed by atoms with Crippen molar-refractivity contribution in [3.8, 4) is 11.8 Å². The van der Waals surface area contributed by atoms with Crippen LogP contribution in [-0.4, -0.2) is 54.6 Å². The van der Waals surface area contributed by atoms with Crippen molar-refractivity contribution < 1.29 is 27.4 Å². The second-order valence-electron chi connectivity index (χ2n) is 7.13. The molecular weight excluding hydrogens is 363 g/mol. The smallest absolute Gasteiger partial charge is 0.254 e. The van der Waals surface area contributed by atoms with Crippen LogP contribution in [0, 0.1) is 5.82 Å². The maximum absolute atomic E-state index is 14.4. The van der Waals surface area contributed by atoms with Gasteiger partial charge in [0.1, 0.15) is 6.10 Å². The number of nitrogens with one attached hydrogen (secondary N) is 1. The lowest BCUT2D eigenvalue weighted by molar-refractivity contribution is -0.132. The van der Waals surface area contributed by atoms with Gasteiger partial charge < -0.3 is 19.7 Å². The molecule has 0 bridgehead atoms. The van der Waals surface area contributed by atoms with Crippen molar-refractivity contribution >= 4 is 5.91 Å². The number of pyridine rings is 1. The molecule has 1 aromatic rings. The maximum Gasteiger partial charge on any atom is 0.254 e. The van der Waals surface area contributed by atoms with Gasteiger partial charge in [0.25, 0.3) is 11.8 Å². The number of hydrogen-bond acceptors (Lipinski definition) is 5. The van der Waals surface area contributed by atoms with E-state index in [9.17, 15) is 18.0 Å². The van der Waals surface area contributed by atoms with Crippen molar-refractivity contribution in [1.29, 1.82) is 0 Å². The number of likely N-dealkylation sites (N-methyl/N-ethyl adjacent to an activating group) is 1. The Morgan fingerprint density at radius 2 is 2.19 bits per heavy atom. The highest BCUT2D eigenvalue weighted by Crippen LogP contribution is 2.37. The van der Waals surface area contributed by atoms with Gasteiger partial charge in [-0.3, -0.25) is 4.79 Å². The van der Waals surface area contributed by atoms with Gasteiger partial charge in [-0.05, 0) is 31.9 Å². The molecule has 150 valence electrons. The number of ether oxygens (including phenoxy) is 2. The van der Waals surface area contributed by atoms with Gasteiger partial charge in [-0.25, -0.2) is 13.2 Å². The predicted octanol–water partition coefficient (Wildman–Crippen LogP) is 2.51. The molecule has 6 nitrogen and oxygen atoms in total. The highest BCUT2D eigenvalue weighted by molar-refractivity contribution is 5.82. The minimum atomic E-state index is -2.79. The molecule has 1 saturated carbocycles. The molecule has 0 spiro atoms. The highest BCUT2D eigenvalue weighted by atomic mass is 19.3. The largest absolute Gasteiger partial charge is 0.481 e. The van der Waals surface area contributed by atoms with Gasteiger partial charge in [-0.15, -0.1) is 0 Å². The highest BCUT2D eigenvalue weighted by Gasteiger charge is 2.41. The molecule has 0 aromatic carbocycles. The summed E-state index contributed by atoms with van der Waals surface area (Å²) in [4.78, 5) is 17.9. The molecule has 0 radical (unpaired) electrons. The molecule has 1 aliphatic carbocycles. The molecule has 2 fully saturated rings. The van der Waals surface area contributed by atoms with E-state index in [0.717, 1.165) is 19.4 Å². The Morgan fingerprint density at radius 3 is 2.78 bits per heavy atom. The van der Waals surface area contributed by atoms with Gasteiger partial charge in [0.2, 0.25) is 11.8 Å². The van der Waals surface area contributed by atoms with E-state index in [1.54, 1.807) is 7.05 Å². The quantitative estimate of drug-likeness (QED) is 0.813. The Kier molecular flexibility index (Phi) is 5.78. The summed E-state index contributed by atoms with van der Waals surface area (Å²) in [7, 11) is 3.00. The van der Waals surface area contributed by atoms with E-state index in [4.69, 9.17) is 9.47 Å². The first-order valence-electron chi connectivity index (χ1n) is 9.05. The molecule has 1 amide bonds. The van der Waals surface area contributed by atoms with Crippen LogP contribution in [-0.2, 0) is 11.3 Å². The Labute approximate surface area is 156 Å². The zero-order chi connectivity index (χ0) is 19.6. The van der Waals surface area contributed by atoms with E-state index >= 15 is 0 Å². The number of carbonyl (C=O) groups excluding carboxylic acids is 1. The summed E-state index contributed by atoms with van der Waals surface area (Å²) in [6.45, 7) is 0.919. The summed E-state index contributed by atoms with van der Waals surface area (Å²) < 4.78 is 51.5. The van der Waals surface area contributed by atoms with Crippen LogP contribution < -0.4 is 14.8 Å². The third kappa shape index (κ3) is 4.63. The molecule has 2 aliphatic rings. The van der Waals surface area contributed by atoms with Gasteiger partial charge >= 0.3 is 0 Å². The first-order chi connectivity index (χ1) is 12.8. The fourth-order valence-corrected chi connectivity index (χ4v) is 3.53. The number of methoxy groups -OCH3 is 1. The molecule has 1 saturated heterocycles. The molecule has 3 rings (SSSR count). The summed E-state index contributed by atoms with van der Waals surface area (Å²) >= 11 is 0. The topological polar surface area (TPSA) is 63.7 Å². The Hall–Kier alpha value is -2.03. The van der Waals surface area contributed by atoms with Crippen LogP contribution in [0.3, 0.4) is 0 Å². The number of rotatable bonds is 6. The van der Waals surface area contributed by atoms with Gasteiger partial charge in [-0.1, -0.05) is 0 Å². The number of halogens is 3. The molecule has 27 heavy (non-hydrogen) atoms. The van der Waals surface area contributed by atoms with Crippen molar-refractivity contribution in [3.05, 3.63) is 17.4 Å². The van der Waals surface area contributed by atoms with E-state index < -0.39 is 24.3 Å². The Morgan fingerprint density at radius 1 is 1.41 bits per heavy atom. The molecule has 9 heteroatoms. The predicted molar refractivity (Wildman–Crippen MR) is 91.5 cm³/mol. The van der Waals surface area contributed by atoms with E-state index in [1.165, 1.54) is 18.1 Å². The van der Waals surface area contributed by atoms with Crippen molar-refractivity contribution in [2.24, 2.45) is 0 Å². The van der Waals surface area contributed by atoms with Crippen molar-refractivity contribution in [3.63, 3.8) is 0 Å². The van der Waals surface area contributed by atoms with Crippen LogP contribution in [0.1, 0.15) is 37.7 Å². The van der Waals surface area contributed by atoms with Gasteiger partial charge in [-0.2, -0.15) is 4.98 Å². The average Bonchev–Trinajstić information content (AvgIpc) is 3.26. The van der Waals surface area contributed by atoms with Crippen molar-refractivity contribution in [1.82, 2.24) is 15.2 Å². The first-order valence-corrected chi connectivity index (χ1v) is 9.05. The second-order valence-corrected chi connectivity index (χ2v) is 7.13. The van der Waals surface area contributed by atoms with Crippen molar-refractivity contribution in [2.75, 3.05) is 20.7 Å². The van der Waals surface area contributed by atoms with Crippen LogP contribution >= 0.6 is 0 Å². The normalized spacial score (nSPS) is 24.0. The number of amides is 1. The van der Waals surface area contributed by atoms with E-state index in [-0.39, 0.29) is 43.1 Å². The minimum Gasteiger partial charge on any atom is -0.481 e. The average molecular weight is 387 g/mol. The van der Waals surface area contributed by atoms with Gasteiger partial charge in [0.15, 0.2) is 5.82 Å². The van der Waals surface area contributed by atoms with E-state index in [1.807, 2.05) is 0 Å². The van der Waals surface area contributed by atoms with Crippen LogP contribution in [0.2, 0.25) is 0 Å². The third-order valence-corrected chi connectivity index (χ3v) is 4.96. The molecule has 2 heterocycles. The standard InChI is InChI=1S/C18H24F3N3O3/c1-24(17(25)14-4-3-7-22-14)10-11-8-13(19)16(23-15(11)26-2)27-12-5-6-18(20,21)9-12/h8,12,14,22H,3-7,9-10H2,1-2H3/t12?,14-/m0/s1. The van der Waals surface area contributed by atoms with Crippen LogP contribution in [0.25, 0.3) is 0 Å². The summed E-state index contributed by atoms with van der Waals surface area (Å²) in [6, 6.07) is 0.950. The molecular formula is C18H24F3N3O3. The third-order valence-electron chi connectivity index (χ3n) is 4.96. The fraction of sp³-hybridized carbons (Fsp3) is 0.667. The second kappa shape index (κ2) is 7.92. The minimum absolute atomic E-state index is 0.0801.